The fourth-order valence-corrected chi connectivity index (χ4v) is 1.50. The summed E-state index contributed by atoms with van der Waals surface area (Å²) in [5.74, 6) is 0.713. The number of carbonyl (C=O) groups excluding carboxylic acids is 1. The first-order valence-corrected chi connectivity index (χ1v) is 6.47. The minimum absolute atomic E-state index is 0.0588. The molecule has 0 aromatic carbocycles. The molecule has 7 heteroatoms. The zero-order chi connectivity index (χ0) is 13.7. The maximum atomic E-state index is 11.5. The molecule has 0 atom stereocenters. The van der Waals surface area contributed by atoms with E-state index in [1.54, 1.807) is 0 Å². The number of hydrogen-bond acceptors (Lipinski definition) is 6. The molecule has 1 aliphatic rings. The minimum Gasteiger partial charge on any atom is -0.476 e. The molecule has 0 spiro atoms. The van der Waals surface area contributed by atoms with E-state index in [1.807, 2.05) is 6.92 Å². The molecule has 0 saturated heterocycles. The number of amides is 1. The topological polar surface area (TPSA) is 102 Å². The highest BCUT2D eigenvalue weighted by atomic mass is 16.5. The van der Waals surface area contributed by atoms with E-state index in [4.69, 9.17) is 10.5 Å². The summed E-state index contributed by atoms with van der Waals surface area (Å²) in [7, 11) is 0. The molecule has 2 rings (SSSR count). The first kappa shape index (κ1) is 13.4. The van der Waals surface area contributed by atoms with Gasteiger partial charge < -0.3 is 21.1 Å². The van der Waals surface area contributed by atoms with E-state index < -0.39 is 0 Å². The Kier molecular flexibility index (Phi) is 4.38. The van der Waals surface area contributed by atoms with Crippen molar-refractivity contribution in [2.24, 2.45) is 0 Å². The molecule has 1 heterocycles. The second-order valence-electron chi connectivity index (χ2n) is 4.48. The van der Waals surface area contributed by atoms with E-state index in [1.165, 1.54) is 6.33 Å². The maximum absolute atomic E-state index is 11.5. The van der Waals surface area contributed by atoms with Crippen molar-refractivity contribution in [3.63, 3.8) is 0 Å². The number of ether oxygens (including phenoxy) is 1. The van der Waals surface area contributed by atoms with Gasteiger partial charge in [0, 0.05) is 6.04 Å². The quantitative estimate of drug-likeness (QED) is 0.665. The third-order valence-corrected chi connectivity index (χ3v) is 2.65. The van der Waals surface area contributed by atoms with Crippen molar-refractivity contribution >= 4 is 17.4 Å². The van der Waals surface area contributed by atoms with Gasteiger partial charge in [-0.15, -0.1) is 0 Å². The first-order valence-electron chi connectivity index (χ1n) is 6.47. The number of carbonyl (C=O) groups is 1. The van der Waals surface area contributed by atoms with Crippen molar-refractivity contribution in [3.8, 4) is 5.88 Å². The Bertz CT molecular complexity index is 448. The summed E-state index contributed by atoms with van der Waals surface area (Å²) >= 11 is 0. The lowest BCUT2D eigenvalue weighted by atomic mass is 10.4. The molecule has 1 saturated carbocycles. The molecular weight excluding hydrogens is 246 g/mol. The molecule has 1 amide bonds. The summed E-state index contributed by atoms with van der Waals surface area (Å²) in [5.41, 5.74) is 6.21. The fraction of sp³-hybridized carbons (Fsp3) is 0.583. The van der Waals surface area contributed by atoms with Gasteiger partial charge in [0.2, 0.25) is 11.8 Å². The lowest BCUT2D eigenvalue weighted by Gasteiger charge is -2.11. The van der Waals surface area contributed by atoms with E-state index in [9.17, 15) is 4.79 Å². The average Bonchev–Trinajstić information content (AvgIpc) is 3.20. The smallest absolute Gasteiger partial charge is 0.242 e. The summed E-state index contributed by atoms with van der Waals surface area (Å²) in [5, 5.41) is 5.77. The molecule has 1 aliphatic carbocycles. The van der Waals surface area contributed by atoms with Crippen molar-refractivity contribution in [2.45, 2.75) is 32.2 Å². The van der Waals surface area contributed by atoms with Gasteiger partial charge in [-0.3, -0.25) is 4.79 Å². The van der Waals surface area contributed by atoms with E-state index in [2.05, 4.69) is 20.6 Å². The van der Waals surface area contributed by atoms with E-state index >= 15 is 0 Å². The normalized spacial score (nSPS) is 13.9. The largest absolute Gasteiger partial charge is 0.476 e. The summed E-state index contributed by atoms with van der Waals surface area (Å²) < 4.78 is 5.39. The number of nitrogens with zero attached hydrogens (tertiary/aromatic N) is 2. The molecular formula is C12H19N5O2. The molecule has 1 aromatic heterocycles. The molecule has 0 unspecified atom stereocenters. The highest BCUT2D eigenvalue weighted by Gasteiger charge is 2.23. The second-order valence-corrected chi connectivity index (χ2v) is 4.48. The molecule has 19 heavy (non-hydrogen) atoms. The van der Waals surface area contributed by atoms with Crippen molar-refractivity contribution in [2.75, 3.05) is 24.2 Å². The van der Waals surface area contributed by atoms with Crippen molar-refractivity contribution in [1.82, 2.24) is 15.3 Å². The van der Waals surface area contributed by atoms with E-state index in [0.29, 0.717) is 30.0 Å². The second kappa shape index (κ2) is 6.21. The summed E-state index contributed by atoms with van der Waals surface area (Å²) in [6.07, 6.45) is 4.37. The molecule has 1 aromatic rings. The number of hydrogen-bond donors (Lipinski definition) is 3. The van der Waals surface area contributed by atoms with Gasteiger partial charge in [0.1, 0.15) is 12.0 Å². The molecule has 1 fully saturated rings. The molecule has 0 aliphatic heterocycles. The fourth-order valence-electron chi connectivity index (χ4n) is 1.50. The van der Waals surface area contributed by atoms with Crippen LogP contribution in [-0.2, 0) is 4.79 Å². The van der Waals surface area contributed by atoms with Crippen LogP contribution in [0.25, 0.3) is 0 Å². The van der Waals surface area contributed by atoms with E-state index in [-0.39, 0.29) is 12.5 Å². The Labute approximate surface area is 111 Å². The van der Waals surface area contributed by atoms with Crippen LogP contribution >= 0.6 is 0 Å². The van der Waals surface area contributed by atoms with Gasteiger partial charge in [0.05, 0.1) is 13.2 Å². The SMILES string of the molecule is CCCOc1ncnc(NCC(=O)NC2CC2)c1N. The third kappa shape index (κ3) is 3.97. The van der Waals surface area contributed by atoms with Crippen molar-refractivity contribution in [1.29, 1.82) is 0 Å². The Balaban J connectivity index is 1.89. The number of rotatable bonds is 7. The Morgan fingerprint density at radius 3 is 3.00 bits per heavy atom. The maximum Gasteiger partial charge on any atom is 0.242 e. The predicted octanol–water partition coefficient (Wildman–Crippen LogP) is 0.538. The summed E-state index contributed by atoms with van der Waals surface area (Å²) in [4.78, 5) is 19.5. The number of anilines is 2. The predicted molar refractivity (Wildman–Crippen MR) is 71.9 cm³/mol. The number of nitrogens with two attached hydrogens (primary N) is 1. The number of aromatic nitrogens is 2. The van der Waals surface area contributed by atoms with Gasteiger partial charge >= 0.3 is 0 Å². The molecule has 0 bridgehead atoms. The van der Waals surface area contributed by atoms with Crippen molar-refractivity contribution < 1.29 is 9.53 Å². The van der Waals surface area contributed by atoms with Gasteiger partial charge in [-0.2, -0.15) is 4.98 Å². The van der Waals surface area contributed by atoms with Gasteiger partial charge in [0.25, 0.3) is 0 Å². The molecule has 0 radical (unpaired) electrons. The van der Waals surface area contributed by atoms with Crippen molar-refractivity contribution in [3.05, 3.63) is 6.33 Å². The average molecular weight is 265 g/mol. The van der Waals surface area contributed by atoms with Gasteiger partial charge in [-0.05, 0) is 19.3 Å². The summed E-state index contributed by atoms with van der Waals surface area (Å²) in [6.45, 7) is 2.69. The van der Waals surface area contributed by atoms with E-state index in [0.717, 1.165) is 19.3 Å². The monoisotopic (exact) mass is 265 g/mol. The highest BCUT2D eigenvalue weighted by Crippen LogP contribution is 2.24. The van der Waals surface area contributed by atoms with Crippen LogP contribution in [0.3, 0.4) is 0 Å². The van der Waals surface area contributed by atoms with Crippen LogP contribution < -0.4 is 21.1 Å². The van der Waals surface area contributed by atoms with Gasteiger partial charge in [-0.1, -0.05) is 6.92 Å². The Hall–Kier alpha value is -2.05. The number of nitrogen functional groups attached to an aromatic ring is 1. The molecule has 7 nitrogen and oxygen atoms in total. The van der Waals surface area contributed by atoms with Crippen LogP contribution in [0.4, 0.5) is 11.5 Å². The van der Waals surface area contributed by atoms with Crippen LogP contribution in [0.1, 0.15) is 26.2 Å². The molecule has 104 valence electrons. The van der Waals surface area contributed by atoms with Gasteiger partial charge in [0.15, 0.2) is 5.82 Å². The standard InChI is InChI=1S/C12H19N5O2/c1-2-5-19-12-10(13)11(15-7-16-12)14-6-9(18)17-8-3-4-8/h7-8H,2-6,13H2,1H3,(H,17,18)(H,14,15,16). The lowest BCUT2D eigenvalue weighted by molar-refractivity contribution is -0.119. The van der Waals surface area contributed by atoms with Gasteiger partial charge in [-0.25, -0.2) is 4.98 Å². The number of nitrogens with one attached hydrogen (secondary N) is 2. The highest BCUT2D eigenvalue weighted by molar-refractivity contribution is 5.82. The first-order chi connectivity index (χ1) is 9.20. The minimum atomic E-state index is -0.0588. The lowest BCUT2D eigenvalue weighted by Crippen LogP contribution is -2.31. The zero-order valence-corrected chi connectivity index (χ0v) is 11.0. The third-order valence-electron chi connectivity index (χ3n) is 2.65. The zero-order valence-electron chi connectivity index (χ0n) is 11.0. The van der Waals surface area contributed by atoms with Crippen LogP contribution in [0.2, 0.25) is 0 Å². The van der Waals surface area contributed by atoms with Crippen LogP contribution in [-0.4, -0.2) is 35.1 Å². The summed E-state index contributed by atoms with van der Waals surface area (Å²) in [6, 6.07) is 0.348. The van der Waals surface area contributed by atoms with Crippen LogP contribution in [0.5, 0.6) is 5.88 Å². The van der Waals surface area contributed by atoms with Crippen LogP contribution in [0.15, 0.2) is 6.33 Å². The Morgan fingerprint density at radius 1 is 1.53 bits per heavy atom. The molecule has 4 N–H and O–H groups in total. The Morgan fingerprint density at radius 2 is 2.32 bits per heavy atom. The van der Waals surface area contributed by atoms with Crippen LogP contribution in [0, 0.1) is 0 Å².